The van der Waals surface area contributed by atoms with E-state index < -0.39 is 47.1 Å². The second-order valence-electron chi connectivity index (χ2n) is 11.0. The van der Waals surface area contributed by atoms with Gasteiger partial charge in [-0.3, -0.25) is 4.79 Å². The number of nitrogens with two attached hydrogens (primary N) is 1. The average molecular weight is 639 g/mol. The molecule has 0 aliphatic carbocycles. The van der Waals surface area contributed by atoms with Crippen LogP contribution in [-0.2, 0) is 9.53 Å². The first-order valence-electron chi connectivity index (χ1n) is 14.7. The number of aromatic nitrogens is 2. The van der Waals surface area contributed by atoms with Crippen molar-refractivity contribution in [1.29, 1.82) is 0 Å². The lowest BCUT2D eigenvalue weighted by atomic mass is 9.99. The lowest BCUT2D eigenvalue weighted by molar-refractivity contribution is -0.275. The molecule has 0 saturated carbocycles. The molecule has 15 heteroatoms. The van der Waals surface area contributed by atoms with Crippen LogP contribution in [0.4, 0.5) is 33.5 Å². The van der Waals surface area contributed by atoms with Crippen LogP contribution in [0.3, 0.4) is 0 Å². The molecular weight excluding hydrogens is 603 g/mol. The summed E-state index contributed by atoms with van der Waals surface area (Å²) in [5.41, 5.74) is 5.04. The van der Waals surface area contributed by atoms with Gasteiger partial charge in [-0.05, 0) is 38.8 Å². The molecular formula is C30H35F5N6O4. The Morgan fingerprint density at radius 2 is 1.91 bits per heavy atom. The zero-order valence-electron chi connectivity index (χ0n) is 25.4. The molecule has 45 heavy (non-hydrogen) atoms. The maximum Gasteiger partial charge on any atom is 0.573 e. The van der Waals surface area contributed by atoms with E-state index in [0.717, 1.165) is 6.07 Å². The van der Waals surface area contributed by atoms with Crippen LogP contribution in [0.5, 0.6) is 11.6 Å². The van der Waals surface area contributed by atoms with E-state index in [9.17, 15) is 22.4 Å². The van der Waals surface area contributed by atoms with Crippen molar-refractivity contribution >= 4 is 28.2 Å². The van der Waals surface area contributed by atoms with Crippen LogP contribution in [0.2, 0.25) is 0 Å². The van der Waals surface area contributed by atoms with Crippen molar-refractivity contribution in [3.05, 3.63) is 35.0 Å². The molecule has 2 fully saturated rings. The van der Waals surface area contributed by atoms with Gasteiger partial charge in [-0.25, -0.2) is 18.7 Å². The third-order valence-corrected chi connectivity index (χ3v) is 8.12. The summed E-state index contributed by atoms with van der Waals surface area (Å²) in [5, 5.41) is 6.41. The van der Waals surface area contributed by atoms with E-state index in [1.165, 1.54) is 0 Å². The Labute approximate surface area is 256 Å². The Bertz CT molecular complexity index is 1610. The molecule has 244 valence electrons. The monoisotopic (exact) mass is 638 g/mol. The molecule has 3 unspecified atom stereocenters. The molecule has 0 bridgehead atoms. The number of hydrogen-bond donors (Lipinski definition) is 3. The van der Waals surface area contributed by atoms with Crippen LogP contribution in [-0.4, -0.2) is 72.8 Å². The molecule has 2 aromatic heterocycles. The highest BCUT2D eigenvalue weighted by Crippen LogP contribution is 2.46. The number of aryl methyl sites for hydroxylation is 2. The minimum atomic E-state index is -5.27. The van der Waals surface area contributed by atoms with Gasteiger partial charge >= 0.3 is 6.36 Å². The second-order valence-corrected chi connectivity index (χ2v) is 11.0. The standard InChI is InChI=1S/C28H29F5N6O4.C2H6/c1-11-12(2)36-25-21-20(11)22(30)23(16-6-14(34)7-17(29)24(16)43-28(31,32)33)38-27(21)42-13(3)19-8-35-18(9-39(19)25)26(40)37-15-4-5-41-10-15;1-2/h6-7,13,15,18-19,35H,4-5,8-10,34H2,1-3H3,(H,37,40);1-2H3/t13?,15?,18?,19-;/m0./s1. The number of anilines is 2. The predicted octanol–water partition coefficient (Wildman–Crippen LogP) is 4.53. The number of amides is 1. The van der Waals surface area contributed by atoms with E-state index in [1.54, 1.807) is 20.8 Å². The molecule has 1 amide bonds. The number of alkyl halides is 3. The Hall–Kier alpha value is -3.98. The SMILES string of the molecule is CC.Cc1nc2c3c(nc(-c4cc(N)cc(F)c4OC(F)(F)F)c(F)c3c1C)OC(C)[C@@H]1CNC(C(=O)NC3CCOC3)CN21. The first kappa shape index (κ1) is 32.4. The highest BCUT2D eigenvalue weighted by Gasteiger charge is 2.42. The number of nitrogen functional groups attached to an aromatic ring is 1. The molecule has 0 spiro atoms. The van der Waals surface area contributed by atoms with Crippen LogP contribution < -0.4 is 30.7 Å². The summed E-state index contributed by atoms with van der Waals surface area (Å²) < 4.78 is 86.6. The van der Waals surface area contributed by atoms with Gasteiger partial charge in [0.2, 0.25) is 11.8 Å². The fraction of sp³-hybridized carbons (Fsp3) is 0.500. The minimum Gasteiger partial charge on any atom is -0.472 e. The normalized spacial score (nSPS) is 22.6. The molecule has 4 atom stereocenters. The average Bonchev–Trinajstić information content (AvgIpc) is 3.46. The van der Waals surface area contributed by atoms with Gasteiger partial charge in [-0.15, -0.1) is 13.2 Å². The number of hydrogen-bond acceptors (Lipinski definition) is 9. The summed E-state index contributed by atoms with van der Waals surface area (Å²) in [4.78, 5) is 24.1. The van der Waals surface area contributed by atoms with Gasteiger partial charge in [-0.1, -0.05) is 13.8 Å². The summed E-state index contributed by atoms with van der Waals surface area (Å²) in [6.45, 7) is 10.5. The van der Waals surface area contributed by atoms with Crippen molar-refractivity contribution in [2.75, 3.05) is 36.9 Å². The van der Waals surface area contributed by atoms with Crippen LogP contribution in [0.1, 0.15) is 38.4 Å². The number of carbonyl (C=O) groups is 1. The lowest BCUT2D eigenvalue weighted by Gasteiger charge is -2.41. The summed E-state index contributed by atoms with van der Waals surface area (Å²) >= 11 is 0. The summed E-state index contributed by atoms with van der Waals surface area (Å²) in [7, 11) is 0. The lowest BCUT2D eigenvalue weighted by Crippen LogP contribution is -2.65. The minimum absolute atomic E-state index is 0.0150. The van der Waals surface area contributed by atoms with Crippen molar-refractivity contribution in [1.82, 2.24) is 20.6 Å². The van der Waals surface area contributed by atoms with Crippen molar-refractivity contribution in [2.24, 2.45) is 0 Å². The Balaban J connectivity index is 0.00000196. The fourth-order valence-electron chi connectivity index (χ4n) is 5.88. The van der Waals surface area contributed by atoms with Gasteiger partial charge in [0.1, 0.15) is 23.7 Å². The van der Waals surface area contributed by atoms with Crippen molar-refractivity contribution in [2.45, 2.75) is 71.6 Å². The molecule has 3 aliphatic rings. The zero-order valence-corrected chi connectivity index (χ0v) is 25.4. The molecule has 3 aliphatic heterocycles. The Kier molecular flexibility index (Phi) is 8.95. The number of nitrogens with one attached hydrogen (secondary N) is 2. The molecule has 3 aromatic rings. The topological polar surface area (TPSA) is 124 Å². The van der Waals surface area contributed by atoms with Gasteiger partial charge in [0.15, 0.2) is 17.4 Å². The van der Waals surface area contributed by atoms with E-state index in [-0.39, 0.29) is 46.9 Å². The molecule has 4 N–H and O–H groups in total. The first-order chi connectivity index (χ1) is 21.3. The number of carbonyl (C=O) groups excluding carboxylic acids is 1. The highest BCUT2D eigenvalue weighted by molar-refractivity contribution is 6.02. The number of rotatable bonds is 4. The van der Waals surface area contributed by atoms with Crippen molar-refractivity contribution in [3.8, 4) is 22.9 Å². The first-order valence-corrected chi connectivity index (χ1v) is 14.7. The van der Waals surface area contributed by atoms with Crippen LogP contribution in [0.25, 0.3) is 22.0 Å². The number of halogens is 5. The van der Waals surface area contributed by atoms with Crippen molar-refractivity contribution < 1.29 is 41.0 Å². The number of nitrogens with zero attached hydrogens (tertiary/aromatic N) is 3. The molecule has 1 aromatic carbocycles. The molecule has 5 heterocycles. The number of fused-ring (bicyclic) bond motifs is 2. The number of ether oxygens (including phenoxy) is 3. The van der Waals surface area contributed by atoms with E-state index in [0.29, 0.717) is 49.3 Å². The van der Waals surface area contributed by atoms with E-state index in [2.05, 4.69) is 20.4 Å². The van der Waals surface area contributed by atoms with Gasteiger partial charge in [-0.2, -0.15) is 0 Å². The highest BCUT2D eigenvalue weighted by atomic mass is 19.4. The maximum absolute atomic E-state index is 16.5. The van der Waals surface area contributed by atoms with Gasteiger partial charge < -0.3 is 35.5 Å². The zero-order chi connectivity index (χ0) is 32.8. The molecule has 10 nitrogen and oxygen atoms in total. The molecule has 2 saturated heterocycles. The Morgan fingerprint density at radius 1 is 1.18 bits per heavy atom. The van der Waals surface area contributed by atoms with E-state index in [1.807, 2.05) is 18.7 Å². The number of pyridine rings is 2. The smallest absolute Gasteiger partial charge is 0.472 e. The van der Waals surface area contributed by atoms with E-state index >= 15 is 4.39 Å². The maximum atomic E-state index is 16.5. The Morgan fingerprint density at radius 3 is 2.58 bits per heavy atom. The van der Waals surface area contributed by atoms with Crippen LogP contribution in [0.15, 0.2) is 12.1 Å². The summed E-state index contributed by atoms with van der Waals surface area (Å²) in [6, 6.07) is 0.520. The second kappa shape index (κ2) is 12.4. The molecule has 0 radical (unpaired) electrons. The predicted molar refractivity (Wildman–Crippen MR) is 157 cm³/mol. The van der Waals surface area contributed by atoms with Crippen LogP contribution >= 0.6 is 0 Å². The fourth-order valence-corrected chi connectivity index (χ4v) is 5.88. The summed E-state index contributed by atoms with van der Waals surface area (Å²) in [6.07, 6.45) is -5.15. The summed E-state index contributed by atoms with van der Waals surface area (Å²) in [5.74, 6) is -3.74. The van der Waals surface area contributed by atoms with Crippen LogP contribution in [0, 0.1) is 25.5 Å². The number of benzene rings is 1. The molecule has 6 rings (SSSR count). The third kappa shape index (κ3) is 6.15. The van der Waals surface area contributed by atoms with Gasteiger partial charge in [0, 0.05) is 42.5 Å². The van der Waals surface area contributed by atoms with Gasteiger partial charge in [0.25, 0.3) is 0 Å². The largest absolute Gasteiger partial charge is 0.573 e. The van der Waals surface area contributed by atoms with Gasteiger partial charge in [0.05, 0.1) is 29.6 Å². The third-order valence-electron chi connectivity index (χ3n) is 8.12. The van der Waals surface area contributed by atoms with Crippen molar-refractivity contribution in [3.63, 3.8) is 0 Å². The quantitative estimate of drug-likeness (QED) is 0.279. The van der Waals surface area contributed by atoms with E-state index in [4.69, 9.17) is 20.2 Å². The number of piperazine rings is 1.